The minimum atomic E-state index is -0.0221. The predicted octanol–water partition coefficient (Wildman–Crippen LogP) is 3.71. The molecule has 0 atom stereocenters. The Labute approximate surface area is 191 Å². The summed E-state index contributed by atoms with van der Waals surface area (Å²) in [5.74, 6) is 0.722. The van der Waals surface area contributed by atoms with Crippen LogP contribution in [-0.4, -0.2) is 47.0 Å². The summed E-state index contributed by atoms with van der Waals surface area (Å²) in [5.41, 5.74) is 3.24. The molecule has 7 nitrogen and oxygen atoms in total. The normalized spacial score (nSPS) is 14.1. The van der Waals surface area contributed by atoms with Gasteiger partial charge in [0.1, 0.15) is 11.1 Å². The Morgan fingerprint density at radius 1 is 1.28 bits per heavy atom. The van der Waals surface area contributed by atoms with Crippen LogP contribution in [-0.2, 0) is 11.3 Å². The highest BCUT2D eigenvalue weighted by atomic mass is 32.1. The molecule has 0 unspecified atom stereocenters. The quantitative estimate of drug-likeness (QED) is 0.594. The van der Waals surface area contributed by atoms with Gasteiger partial charge in [-0.15, -0.1) is 11.3 Å². The SMILES string of the molecule is CNC(=O)C1CN(Cc2ccc(-c3ncc(-c4ccc(OC(C)C)c(C#N)n4)s3)cc2)C1. The van der Waals surface area contributed by atoms with Gasteiger partial charge in [-0.3, -0.25) is 9.69 Å². The first-order valence-corrected chi connectivity index (χ1v) is 11.4. The molecule has 0 radical (unpaired) electrons. The number of hydrogen-bond acceptors (Lipinski definition) is 7. The molecule has 4 rings (SSSR count). The van der Waals surface area contributed by atoms with Crippen molar-refractivity contribution in [3.8, 4) is 33.0 Å². The molecule has 8 heteroatoms. The number of thiazole rings is 1. The third kappa shape index (κ3) is 4.79. The lowest BCUT2D eigenvalue weighted by Gasteiger charge is -2.38. The number of rotatable bonds is 7. The Morgan fingerprint density at radius 2 is 2.03 bits per heavy atom. The number of carbonyl (C=O) groups excluding carboxylic acids is 1. The van der Waals surface area contributed by atoms with Gasteiger partial charge in [0.05, 0.1) is 22.6 Å². The molecule has 3 heterocycles. The van der Waals surface area contributed by atoms with E-state index in [1.54, 1.807) is 30.6 Å². The molecule has 0 bridgehead atoms. The Bertz CT molecular complexity index is 1140. The number of benzene rings is 1. The van der Waals surface area contributed by atoms with Gasteiger partial charge in [-0.1, -0.05) is 24.3 Å². The minimum absolute atomic E-state index is 0.0221. The van der Waals surface area contributed by atoms with E-state index in [9.17, 15) is 10.1 Å². The van der Waals surface area contributed by atoms with Crippen molar-refractivity contribution in [1.82, 2.24) is 20.2 Å². The Balaban J connectivity index is 1.43. The number of nitriles is 1. The molecule has 1 aliphatic rings. The van der Waals surface area contributed by atoms with Crippen molar-refractivity contribution < 1.29 is 9.53 Å². The third-order valence-electron chi connectivity index (χ3n) is 5.27. The second-order valence-electron chi connectivity index (χ2n) is 8.05. The summed E-state index contributed by atoms with van der Waals surface area (Å²) in [6.07, 6.45) is 1.77. The third-order valence-corrected chi connectivity index (χ3v) is 6.34. The van der Waals surface area contributed by atoms with Crippen molar-refractivity contribution in [3.05, 3.63) is 53.9 Å². The van der Waals surface area contributed by atoms with Crippen LogP contribution in [0.5, 0.6) is 5.75 Å². The fourth-order valence-corrected chi connectivity index (χ4v) is 4.51. The number of ether oxygens (including phenoxy) is 1. The molecule has 2 aromatic heterocycles. The highest BCUT2D eigenvalue weighted by Crippen LogP contribution is 2.33. The molecule has 0 aliphatic carbocycles. The number of carbonyl (C=O) groups is 1. The first-order chi connectivity index (χ1) is 15.5. The first kappa shape index (κ1) is 21.9. The molecule has 1 N–H and O–H groups in total. The van der Waals surface area contributed by atoms with Gasteiger partial charge < -0.3 is 10.1 Å². The minimum Gasteiger partial charge on any atom is -0.488 e. The highest BCUT2D eigenvalue weighted by Gasteiger charge is 2.31. The van der Waals surface area contributed by atoms with Crippen molar-refractivity contribution in [3.63, 3.8) is 0 Å². The molecule has 1 amide bonds. The van der Waals surface area contributed by atoms with Crippen molar-refractivity contribution in [1.29, 1.82) is 5.26 Å². The largest absolute Gasteiger partial charge is 0.488 e. The van der Waals surface area contributed by atoms with E-state index in [1.807, 2.05) is 19.9 Å². The van der Waals surface area contributed by atoms with Crippen LogP contribution in [0.15, 0.2) is 42.6 Å². The molecule has 3 aromatic rings. The zero-order valence-electron chi connectivity index (χ0n) is 18.3. The summed E-state index contributed by atoms with van der Waals surface area (Å²) >= 11 is 1.54. The van der Waals surface area contributed by atoms with Crippen molar-refractivity contribution in [2.45, 2.75) is 26.5 Å². The number of aromatic nitrogens is 2. The molecule has 0 spiro atoms. The fraction of sp³-hybridized carbons (Fsp3) is 0.333. The Morgan fingerprint density at radius 3 is 2.69 bits per heavy atom. The van der Waals surface area contributed by atoms with Crippen molar-refractivity contribution >= 4 is 17.2 Å². The molecule has 0 saturated carbocycles. The topological polar surface area (TPSA) is 91.1 Å². The molecule has 1 aromatic carbocycles. The van der Waals surface area contributed by atoms with Crippen LogP contribution in [0.25, 0.3) is 21.1 Å². The first-order valence-electron chi connectivity index (χ1n) is 10.5. The zero-order chi connectivity index (χ0) is 22.7. The number of nitrogens with one attached hydrogen (secondary N) is 1. The molecule has 1 saturated heterocycles. The van der Waals surface area contributed by atoms with E-state index in [0.29, 0.717) is 11.4 Å². The maximum absolute atomic E-state index is 11.6. The number of nitrogens with zero attached hydrogens (tertiary/aromatic N) is 4. The molecule has 1 aliphatic heterocycles. The maximum Gasteiger partial charge on any atom is 0.225 e. The molecule has 1 fully saturated rings. The maximum atomic E-state index is 11.6. The lowest BCUT2D eigenvalue weighted by atomic mass is 9.98. The second kappa shape index (κ2) is 9.47. The van der Waals surface area contributed by atoms with Gasteiger partial charge >= 0.3 is 0 Å². The van der Waals surface area contributed by atoms with E-state index in [1.165, 1.54) is 5.56 Å². The lowest BCUT2D eigenvalue weighted by molar-refractivity contribution is -0.129. The van der Waals surface area contributed by atoms with Crippen LogP contribution in [0.1, 0.15) is 25.1 Å². The summed E-state index contributed by atoms with van der Waals surface area (Å²) in [5, 5.41) is 13.0. The van der Waals surface area contributed by atoms with Gasteiger partial charge in [-0.2, -0.15) is 5.26 Å². The van der Waals surface area contributed by atoms with E-state index < -0.39 is 0 Å². The monoisotopic (exact) mass is 447 g/mol. The van der Waals surface area contributed by atoms with Crippen LogP contribution in [0.3, 0.4) is 0 Å². The van der Waals surface area contributed by atoms with E-state index in [2.05, 4.69) is 50.5 Å². The standard InChI is InChI=1S/C24H25N5O2S/c1-15(2)31-21-9-8-19(28-20(21)10-25)22-11-27-24(32-22)17-6-4-16(5-7-17)12-29-13-18(14-29)23(30)26-3/h4-9,11,15,18H,12-14H2,1-3H3,(H,26,30). The molecular weight excluding hydrogens is 422 g/mol. The summed E-state index contributed by atoms with van der Waals surface area (Å²) in [4.78, 5) is 23.8. The van der Waals surface area contributed by atoms with Crippen LogP contribution in [0.2, 0.25) is 0 Å². The summed E-state index contributed by atoms with van der Waals surface area (Å²) in [6, 6.07) is 14.1. The van der Waals surface area contributed by atoms with Gasteiger partial charge in [0.2, 0.25) is 5.91 Å². The van der Waals surface area contributed by atoms with Crippen LogP contribution < -0.4 is 10.1 Å². The smallest absolute Gasteiger partial charge is 0.225 e. The Hall–Kier alpha value is -3.28. The number of amides is 1. The van der Waals surface area contributed by atoms with Crippen LogP contribution >= 0.6 is 11.3 Å². The van der Waals surface area contributed by atoms with E-state index in [4.69, 9.17) is 4.74 Å². The summed E-state index contributed by atoms with van der Waals surface area (Å²) in [6.45, 7) is 6.27. The summed E-state index contributed by atoms with van der Waals surface area (Å²) in [7, 11) is 1.68. The van der Waals surface area contributed by atoms with Gasteiger partial charge in [-0.05, 0) is 31.5 Å². The van der Waals surface area contributed by atoms with E-state index >= 15 is 0 Å². The van der Waals surface area contributed by atoms with Crippen molar-refractivity contribution in [2.24, 2.45) is 5.92 Å². The average Bonchev–Trinajstić information content (AvgIpc) is 3.26. The van der Waals surface area contributed by atoms with Gasteiger partial charge in [0, 0.05) is 38.4 Å². The Kier molecular flexibility index (Phi) is 6.49. The van der Waals surface area contributed by atoms with Crippen LogP contribution in [0.4, 0.5) is 0 Å². The van der Waals surface area contributed by atoms with Crippen molar-refractivity contribution in [2.75, 3.05) is 20.1 Å². The van der Waals surface area contributed by atoms with Crippen LogP contribution in [0, 0.1) is 17.2 Å². The highest BCUT2D eigenvalue weighted by molar-refractivity contribution is 7.18. The lowest BCUT2D eigenvalue weighted by Crippen LogP contribution is -2.52. The average molecular weight is 448 g/mol. The van der Waals surface area contributed by atoms with E-state index in [0.717, 1.165) is 35.1 Å². The molecular formula is C24H25N5O2S. The predicted molar refractivity (Wildman–Crippen MR) is 124 cm³/mol. The van der Waals surface area contributed by atoms with Gasteiger partial charge in [0.15, 0.2) is 11.4 Å². The number of hydrogen-bond donors (Lipinski definition) is 1. The second-order valence-corrected chi connectivity index (χ2v) is 9.08. The van der Waals surface area contributed by atoms with E-state index in [-0.39, 0.29) is 23.6 Å². The fourth-order valence-electron chi connectivity index (χ4n) is 3.62. The molecule has 32 heavy (non-hydrogen) atoms. The molecule has 164 valence electrons. The van der Waals surface area contributed by atoms with Gasteiger partial charge in [-0.25, -0.2) is 9.97 Å². The summed E-state index contributed by atoms with van der Waals surface area (Å²) < 4.78 is 5.66. The number of pyridine rings is 1. The zero-order valence-corrected chi connectivity index (χ0v) is 19.1. The van der Waals surface area contributed by atoms with Gasteiger partial charge in [0.25, 0.3) is 0 Å². The number of likely N-dealkylation sites (tertiary alicyclic amines) is 1.